The Kier molecular flexibility index (Phi) is 4.54. The molecule has 0 saturated heterocycles. The van der Waals surface area contributed by atoms with E-state index in [0.717, 1.165) is 16.0 Å². The predicted octanol–water partition coefficient (Wildman–Crippen LogP) is 3.06. The number of aromatic amines is 1. The summed E-state index contributed by atoms with van der Waals surface area (Å²) in [6, 6.07) is 4.06. The van der Waals surface area contributed by atoms with Gasteiger partial charge in [0.25, 0.3) is 5.56 Å². The summed E-state index contributed by atoms with van der Waals surface area (Å²) in [4.78, 5) is 20.3. The van der Waals surface area contributed by atoms with Crippen molar-refractivity contribution in [2.45, 2.75) is 33.4 Å². The van der Waals surface area contributed by atoms with Crippen LogP contribution in [0.25, 0.3) is 0 Å². The van der Waals surface area contributed by atoms with Crippen LogP contribution in [0.3, 0.4) is 0 Å². The molecule has 2 rings (SSSR count). The lowest BCUT2D eigenvalue weighted by Crippen LogP contribution is -2.27. The molecule has 0 saturated carbocycles. The van der Waals surface area contributed by atoms with Gasteiger partial charge in [-0.3, -0.25) is 4.79 Å². The van der Waals surface area contributed by atoms with E-state index in [1.54, 1.807) is 18.3 Å². The molecule has 0 amide bonds. The minimum absolute atomic E-state index is 0.0299. The van der Waals surface area contributed by atoms with Crippen molar-refractivity contribution in [1.82, 2.24) is 15.3 Å². The molecule has 2 N–H and O–H groups in total. The Morgan fingerprint density at radius 2 is 2.21 bits per heavy atom. The quantitative estimate of drug-likeness (QED) is 0.898. The third-order valence-corrected chi connectivity index (χ3v) is 4.53. The SMILES string of the molecule is Cc1nc(C)c(C(C)NCc2ccc(Br)s2)c(=O)[nH]1. The average molecular weight is 342 g/mol. The highest BCUT2D eigenvalue weighted by Crippen LogP contribution is 2.22. The van der Waals surface area contributed by atoms with Gasteiger partial charge >= 0.3 is 0 Å². The van der Waals surface area contributed by atoms with E-state index in [-0.39, 0.29) is 11.6 Å². The van der Waals surface area contributed by atoms with Crippen LogP contribution in [-0.4, -0.2) is 9.97 Å². The lowest BCUT2D eigenvalue weighted by atomic mass is 10.1. The first-order valence-corrected chi connectivity index (χ1v) is 7.63. The second kappa shape index (κ2) is 5.98. The first-order chi connectivity index (χ1) is 8.97. The summed E-state index contributed by atoms with van der Waals surface area (Å²) < 4.78 is 1.11. The molecule has 19 heavy (non-hydrogen) atoms. The molecule has 0 radical (unpaired) electrons. The molecule has 0 spiro atoms. The molecule has 0 aliphatic carbocycles. The van der Waals surface area contributed by atoms with E-state index >= 15 is 0 Å². The van der Waals surface area contributed by atoms with E-state index in [9.17, 15) is 4.79 Å². The molecule has 2 aromatic heterocycles. The fraction of sp³-hybridized carbons (Fsp3) is 0.385. The number of nitrogens with zero attached hydrogens (tertiary/aromatic N) is 1. The van der Waals surface area contributed by atoms with Crippen molar-refractivity contribution in [1.29, 1.82) is 0 Å². The lowest BCUT2D eigenvalue weighted by molar-refractivity contribution is 0.566. The Bertz CT molecular complexity index is 635. The Morgan fingerprint density at radius 1 is 1.47 bits per heavy atom. The normalized spacial score (nSPS) is 12.6. The van der Waals surface area contributed by atoms with Gasteiger partial charge in [-0.15, -0.1) is 11.3 Å². The molecular formula is C13H16BrN3OS. The van der Waals surface area contributed by atoms with Gasteiger partial charge in [0, 0.05) is 23.2 Å². The van der Waals surface area contributed by atoms with Crippen LogP contribution in [0.2, 0.25) is 0 Å². The molecule has 102 valence electrons. The molecule has 6 heteroatoms. The molecule has 2 heterocycles. The second-order valence-corrected chi connectivity index (χ2v) is 7.01. The highest BCUT2D eigenvalue weighted by Gasteiger charge is 2.14. The lowest BCUT2D eigenvalue weighted by Gasteiger charge is -2.14. The summed E-state index contributed by atoms with van der Waals surface area (Å²) in [7, 11) is 0. The topological polar surface area (TPSA) is 57.8 Å². The van der Waals surface area contributed by atoms with E-state index < -0.39 is 0 Å². The van der Waals surface area contributed by atoms with Crippen molar-refractivity contribution in [3.8, 4) is 0 Å². The molecule has 0 aliphatic rings. The van der Waals surface area contributed by atoms with Crippen molar-refractivity contribution in [2.75, 3.05) is 0 Å². The fourth-order valence-corrected chi connectivity index (χ4v) is 3.48. The van der Waals surface area contributed by atoms with Gasteiger partial charge in [-0.25, -0.2) is 4.98 Å². The van der Waals surface area contributed by atoms with Crippen LogP contribution >= 0.6 is 27.3 Å². The van der Waals surface area contributed by atoms with Gasteiger partial charge in [0.1, 0.15) is 5.82 Å². The fourth-order valence-electron chi connectivity index (χ4n) is 2.05. The van der Waals surface area contributed by atoms with Crippen LogP contribution in [0.4, 0.5) is 0 Å². The van der Waals surface area contributed by atoms with Gasteiger partial charge in [-0.1, -0.05) is 0 Å². The highest BCUT2D eigenvalue weighted by molar-refractivity contribution is 9.11. The zero-order valence-electron chi connectivity index (χ0n) is 11.1. The number of halogens is 1. The van der Waals surface area contributed by atoms with Gasteiger partial charge in [-0.05, 0) is 48.8 Å². The number of H-pyrrole nitrogens is 1. The Hall–Kier alpha value is -0.980. The van der Waals surface area contributed by atoms with Crippen LogP contribution in [0.5, 0.6) is 0 Å². The number of hydrogen-bond acceptors (Lipinski definition) is 4. The minimum Gasteiger partial charge on any atom is -0.310 e. The third-order valence-electron chi connectivity index (χ3n) is 2.91. The Balaban J connectivity index is 2.12. The molecule has 4 nitrogen and oxygen atoms in total. The molecule has 1 atom stereocenters. The van der Waals surface area contributed by atoms with Crippen LogP contribution in [0.1, 0.15) is 34.9 Å². The average Bonchev–Trinajstić information content (AvgIpc) is 2.71. The molecule has 0 fully saturated rings. The van der Waals surface area contributed by atoms with E-state index in [1.165, 1.54) is 4.88 Å². The maximum atomic E-state index is 12.0. The number of rotatable bonds is 4. The van der Waals surface area contributed by atoms with Crippen molar-refractivity contribution in [3.05, 3.63) is 48.2 Å². The number of thiophene rings is 1. The van der Waals surface area contributed by atoms with Crippen LogP contribution in [0, 0.1) is 13.8 Å². The van der Waals surface area contributed by atoms with E-state index in [0.29, 0.717) is 11.4 Å². The van der Waals surface area contributed by atoms with Crippen molar-refractivity contribution in [2.24, 2.45) is 0 Å². The first-order valence-electron chi connectivity index (χ1n) is 6.02. The molecule has 0 aromatic carbocycles. The smallest absolute Gasteiger partial charge is 0.255 e. The molecule has 0 bridgehead atoms. The summed E-state index contributed by atoms with van der Waals surface area (Å²) in [5, 5.41) is 3.36. The van der Waals surface area contributed by atoms with Gasteiger partial charge in [0.15, 0.2) is 0 Å². The van der Waals surface area contributed by atoms with Crippen LogP contribution in [0.15, 0.2) is 20.7 Å². The molecule has 2 aromatic rings. The first kappa shape index (κ1) is 14.4. The van der Waals surface area contributed by atoms with Gasteiger partial charge in [0.05, 0.1) is 9.35 Å². The molecule has 0 aliphatic heterocycles. The van der Waals surface area contributed by atoms with Crippen LogP contribution in [-0.2, 0) is 6.54 Å². The maximum absolute atomic E-state index is 12.0. The Labute approximate surface area is 124 Å². The van der Waals surface area contributed by atoms with Crippen molar-refractivity contribution in [3.63, 3.8) is 0 Å². The van der Waals surface area contributed by atoms with Gasteiger partial charge < -0.3 is 10.3 Å². The maximum Gasteiger partial charge on any atom is 0.255 e. The zero-order valence-corrected chi connectivity index (χ0v) is 13.5. The highest BCUT2D eigenvalue weighted by atomic mass is 79.9. The van der Waals surface area contributed by atoms with Gasteiger partial charge in [-0.2, -0.15) is 0 Å². The predicted molar refractivity (Wildman–Crippen MR) is 81.6 cm³/mol. The number of aromatic nitrogens is 2. The number of nitrogens with one attached hydrogen (secondary N) is 2. The molecular weight excluding hydrogens is 326 g/mol. The zero-order chi connectivity index (χ0) is 14.0. The largest absolute Gasteiger partial charge is 0.310 e. The van der Waals surface area contributed by atoms with Crippen LogP contribution < -0.4 is 10.9 Å². The van der Waals surface area contributed by atoms with E-state index in [2.05, 4.69) is 37.3 Å². The number of aryl methyl sites for hydroxylation is 2. The monoisotopic (exact) mass is 341 g/mol. The summed E-state index contributed by atoms with van der Waals surface area (Å²) in [5.74, 6) is 0.653. The van der Waals surface area contributed by atoms with E-state index in [1.807, 2.05) is 19.9 Å². The molecule has 1 unspecified atom stereocenters. The minimum atomic E-state index is -0.0580. The standard InChI is InChI=1S/C13H16BrN3OS/c1-7(15-6-10-4-5-11(14)19-10)12-8(2)16-9(3)17-13(12)18/h4-5,7,15H,6H2,1-3H3,(H,16,17,18). The second-order valence-electron chi connectivity index (χ2n) is 4.46. The van der Waals surface area contributed by atoms with Crippen molar-refractivity contribution < 1.29 is 0 Å². The summed E-state index contributed by atoms with van der Waals surface area (Å²) in [6.45, 7) is 6.39. The Morgan fingerprint density at radius 3 is 2.79 bits per heavy atom. The van der Waals surface area contributed by atoms with Gasteiger partial charge in [0.2, 0.25) is 0 Å². The number of hydrogen-bond donors (Lipinski definition) is 2. The summed E-state index contributed by atoms with van der Waals surface area (Å²) in [6.07, 6.45) is 0. The van der Waals surface area contributed by atoms with E-state index in [4.69, 9.17) is 0 Å². The van der Waals surface area contributed by atoms with Crippen molar-refractivity contribution >= 4 is 27.3 Å². The summed E-state index contributed by atoms with van der Waals surface area (Å²) >= 11 is 5.13. The third kappa shape index (κ3) is 3.52. The summed E-state index contributed by atoms with van der Waals surface area (Å²) in [5.41, 5.74) is 1.44.